The number of anilines is 1. The summed E-state index contributed by atoms with van der Waals surface area (Å²) in [6.45, 7) is 2.79. The first-order chi connectivity index (χ1) is 12.2. The summed E-state index contributed by atoms with van der Waals surface area (Å²) in [5.41, 5.74) is 0.706. The molecule has 0 aliphatic carbocycles. The lowest BCUT2D eigenvalue weighted by Gasteiger charge is -2.28. The Kier molecular flexibility index (Phi) is 8.04. The van der Waals surface area contributed by atoms with Gasteiger partial charge in [-0.25, -0.2) is 0 Å². The monoisotopic (exact) mass is 382 g/mol. The zero-order chi connectivity index (χ0) is 17.6. The van der Waals surface area contributed by atoms with Crippen molar-refractivity contribution >= 4 is 24.0 Å². The standard InChI is InChI=1S/C20H30N2O3.ClH/c1-3-4-9-25-19-8-7-17(24-2)13-18(19)22-20(23)12-14-10-15-5-6-16(11-14)21-15;/h7-8,13-16,21H,3-6,9-12H2,1-2H3,(H,22,23);1H. The fourth-order valence-electron chi connectivity index (χ4n) is 3.99. The molecule has 2 N–H and O–H groups in total. The molecule has 0 aromatic heterocycles. The summed E-state index contributed by atoms with van der Waals surface area (Å²) in [5.74, 6) is 1.99. The van der Waals surface area contributed by atoms with Gasteiger partial charge in [-0.15, -0.1) is 12.4 Å². The topological polar surface area (TPSA) is 59.6 Å². The Balaban J connectivity index is 0.00000243. The van der Waals surface area contributed by atoms with E-state index in [-0.39, 0.29) is 18.3 Å². The average Bonchev–Trinajstić information content (AvgIpc) is 2.94. The number of ether oxygens (including phenoxy) is 2. The van der Waals surface area contributed by atoms with Crippen LogP contribution in [-0.2, 0) is 4.79 Å². The van der Waals surface area contributed by atoms with Crippen molar-refractivity contribution in [3.05, 3.63) is 18.2 Å². The second-order valence-corrected chi connectivity index (χ2v) is 7.29. The van der Waals surface area contributed by atoms with E-state index in [1.165, 1.54) is 12.8 Å². The maximum atomic E-state index is 12.6. The first-order valence-electron chi connectivity index (χ1n) is 9.54. The molecule has 1 aromatic carbocycles. The number of halogens is 1. The predicted octanol–water partition coefficient (Wildman–Crippen LogP) is 4.16. The first kappa shape index (κ1) is 20.8. The van der Waals surface area contributed by atoms with E-state index in [2.05, 4.69) is 17.6 Å². The molecule has 2 saturated heterocycles. The molecule has 0 spiro atoms. The summed E-state index contributed by atoms with van der Waals surface area (Å²) in [4.78, 5) is 12.6. The summed E-state index contributed by atoms with van der Waals surface area (Å²) in [6.07, 6.45) is 7.40. The number of carbonyl (C=O) groups is 1. The minimum absolute atomic E-state index is 0. The van der Waals surface area contributed by atoms with Crippen LogP contribution < -0.4 is 20.1 Å². The number of piperidine rings is 1. The molecule has 1 aromatic rings. The van der Waals surface area contributed by atoms with E-state index in [0.29, 0.717) is 42.5 Å². The number of benzene rings is 1. The quantitative estimate of drug-likeness (QED) is 0.663. The number of unbranched alkanes of at least 4 members (excludes halogenated alkanes) is 1. The van der Waals surface area contributed by atoms with Crippen LogP contribution in [0.5, 0.6) is 11.5 Å². The largest absolute Gasteiger partial charge is 0.497 e. The molecule has 2 aliphatic heterocycles. The Hall–Kier alpha value is -1.46. The van der Waals surface area contributed by atoms with Gasteiger partial charge < -0.3 is 20.1 Å². The number of amides is 1. The van der Waals surface area contributed by atoms with Crippen molar-refractivity contribution in [1.82, 2.24) is 5.32 Å². The molecular weight excluding hydrogens is 352 g/mol. The third-order valence-electron chi connectivity index (χ3n) is 5.26. The molecular formula is C20H31ClN2O3. The van der Waals surface area contributed by atoms with Gasteiger partial charge in [0.05, 0.1) is 19.4 Å². The average molecular weight is 383 g/mol. The summed E-state index contributed by atoms with van der Waals surface area (Å²) < 4.78 is 11.1. The van der Waals surface area contributed by atoms with Crippen LogP contribution in [0.2, 0.25) is 0 Å². The fourth-order valence-corrected chi connectivity index (χ4v) is 3.99. The lowest BCUT2D eigenvalue weighted by atomic mass is 9.89. The number of carbonyl (C=O) groups excluding carboxylic acids is 1. The highest BCUT2D eigenvalue weighted by molar-refractivity contribution is 5.92. The van der Waals surface area contributed by atoms with E-state index in [9.17, 15) is 4.79 Å². The van der Waals surface area contributed by atoms with Crippen LogP contribution in [0, 0.1) is 5.92 Å². The van der Waals surface area contributed by atoms with E-state index >= 15 is 0 Å². The zero-order valence-corrected chi connectivity index (χ0v) is 16.6. The molecule has 2 aliphatic rings. The second kappa shape index (κ2) is 10.0. The van der Waals surface area contributed by atoms with Gasteiger partial charge in [-0.3, -0.25) is 4.79 Å². The van der Waals surface area contributed by atoms with E-state index in [4.69, 9.17) is 9.47 Å². The first-order valence-corrected chi connectivity index (χ1v) is 9.54. The Morgan fingerprint density at radius 2 is 2.00 bits per heavy atom. The van der Waals surface area contributed by atoms with Gasteiger partial charge in [0, 0.05) is 24.6 Å². The van der Waals surface area contributed by atoms with Gasteiger partial charge in [0.25, 0.3) is 0 Å². The Labute approximate surface area is 162 Å². The van der Waals surface area contributed by atoms with Crippen LogP contribution >= 0.6 is 12.4 Å². The lowest BCUT2D eigenvalue weighted by molar-refractivity contribution is -0.117. The summed E-state index contributed by atoms with van der Waals surface area (Å²) in [7, 11) is 1.63. The number of methoxy groups -OCH3 is 1. The van der Waals surface area contributed by atoms with Crippen LogP contribution in [0.4, 0.5) is 5.69 Å². The number of hydrogen-bond donors (Lipinski definition) is 2. The zero-order valence-electron chi connectivity index (χ0n) is 15.8. The van der Waals surface area contributed by atoms with Crippen molar-refractivity contribution in [3.8, 4) is 11.5 Å². The Bertz CT molecular complexity index is 584. The molecule has 0 radical (unpaired) electrons. The maximum absolute atomic E-state index is 12.6. The number of fused-ring (bicyclic) bond motifs is 2. The lowest BCUT2D eigenvalue weighted by Crippen LogP contribution is -2.39. The second-order valence-electron chi connectivity index (χ2n) is 7.29. The van der Waals surface area contributed by atoms with Gasteiger partial charge in [-0.2, -0.15) is 0 Å². The van der Waals surface area contributed by atoms with Gasteiger partial charge in [0.15, 0.2) is 0 Å². The number of hydrogen-bond acceptors (Lipinski definition) is 4. The van der Waals surface area contributed by atoms with Gasteiger partial charge in [-0.05, 0) is 50.2 Å². The predicted molar refractivity (Wildman–Crippen MR) is 107 cm³/mol. The van der Waals surface area contributed by atoms with Crippen LogP contribution in [0.25, 0.3) is 0 Å². The van der Waals surface area contributed by atoms with Gasteiger partial charge in [0.1, 0.15) is 11.5 Å². The summed E-state index contributed by atoms with van der Waals surface area (Å²) >= 11 is 0. The SMILES string of the molecule is CCCCOc1ccc(OC)cc1NC(=O)CC1CC2CCC(C1)N2.Cl. The highest BCUT2D eigenvalue weighted by Gasteiger charge is 2.34. The van der Waals surface area contributed by atoms with Crippen molar-refractivity contribution < 1.29 is 14.3 Å². The molecule has 0 saturated carbocycles. The minimum Gasteiger partial charge on any atom is -0.497 e. The molecule has 1 amide bonds. The molecule has 6 heteroatoms. The normalized spacial score (nSPS) is 23.8. The smallest absolute Gasteiger partial charge is 0.224 e. The minimum atomic E-state index is 0. The number of nitrogens with one attached hydrogen (secondary N) is 2. The highest BCUT2D eigenvalue weighted by Crippen LogP contribution is 2.34. The summed E-state index contributed by atoms with van der Waals surface area (Å²) in [6, 6.07) is 6.80. The van der Waals surface area contributed by atoms with Crippen LogP contribution in [-0.4, -0.2) is 31.7 Å². The third kappa shape index (κ3) is 5.52. The van der Waals surface area contributed by atoms with Gasteiger partial charge in [-0.1, -0.05) is 13.3 Å². The molecule has 146 valence electrons. The van der Waals surface area contributed by atoms with Crippen LogP contribution in [0.15, 0.2) is 18.2 Å². The molecule has 2 fully saturated rings. The van der Waals surface area contributed by atoms with E-state index in [1.54, 1.807) is 7.11 Å². The van der Waals surface area contributed by atoms with E-state index in [0.717, 1.165) is 31.4 Å². The molecule has 2 heterocycles. The fraction of sp³-hybridized carbons (Fsp3) is 0.650. The van der Waals surface area contributed by atoms with Gasteiger partial charge >= 0.3 is 0 Å². The van der Waals surface area contributed by atoms with Crippen LogP contribution in [0.3, 0.4) is 0 Å². The highest BCUT2D eigenvalue weighted by atomic mass is 35.5. The molecule has 2 unspecified atom stereocenters. The Morgan fingerprint density at radius 3 is 2.65 bits per heavy atom. The van der Waals surface area contributed by atoms with Crippen molar-refractivity contribution in [1.29, 1.82) is 0 Å². The summed E-state index contributed by atoms with van der Waals surface area (Å²) in [5, 5.41) is 6.67. The van der Waals surface area contributed by atoms with Gasteiger partial charge in [0.2, 0.25) is 5.91 Å². The molecule has 3 rings (SSSR count). The maximum Gasteiger partial charge on any atom is 0.224 e. The third-order valence-corrected chi connectivity index (χ3v) is 5.26. The Morgan fingerprint density at radius 1 is 1.27 bits per heavy atom. The number of rotatable bonds is 8. The van der Waals surface area contributed by atoms with Crippen molar-refractivity contribution in [2.45, 2.75) is 64.0 Å². The molecule has 5 nitrogen and oxygen atoms in total. The van der Waals surface area contributed by atoms with Crippen molar-refractivity contribution in [3.63, 3.8) is 0 Å². The molecule has 2 atom stereocenters. The van der Waals surface area contributed by atoms with Crippen LogP contribution in [0.1, 0.15) is 51.9 Å². The molecule has 2 bridgehead atoms. The van der Waals surface area contributed by atoms with Crippen molar-refractivity contribution in [2.24, 2.45) is 5.92 Å². The van der Waals surface area contributed by atoms with Crippen molar-refractivity contribution in [2.75, 3.05) is 19.0 Å². The van der Waals surface area contributed by atoms with E-state index in [1.807, 2.05) is 18.2 Å². The van der Waals surface area contributed by atoms with E-state index < -0.39 is 0 Å². The molecule has 26 heavy (non-hydrogen) atoms.